The lowest BCUT2D eigenvalue weighted by Crippen LogP contribution is -2.05. The van der Waals surface area contributed by atoms with Crippen molar-refractivity contribution in [1.82, 2.24) is 9.78 Å². The number of hydrogen-bond acceptors (Lipinski definition) is 4. The van der Waals surface area contributed by atoms with Gasteiger partial charge in [0, 0.05) is 11.9 Å². The molecule has 1 aromatic carbocycles. The molecule has 0 saturated heterocycles. The van der Waals surface area contributed by atoms with Crippen LogP contribution in [0.5, 0.6) is 16.6 Å². The Labute approximate surface area is 132 Å². The van der Waals surface area contributed by atoms with Crippen molar-refractivity contribution in [1.29, 1.82) is 0 Å². The van der Waals surface area contributed by atoms with E-state index < -0.39 is 0 Å². The minimum absolute atomic E-state index is 0.241. The number of phenols is 1. The maximum absolute atomic E-state index is 9.39. The van der Waals surface area contributed by atoms with Gasteiger partial charge in [-0.15, -0.1) is 11.3 Å². The number of rotatable bonds is 2. The van der Waals surface area contributed by atoms with E-state index in [4.69, 9.17) is 4.74 Å². The van der Waals surface area contributed by atoms with Crippen LogP contribution >= 0.6 is 11.3 Å². The summed E-state index contributed by atoms with van der Waals surface area (Å²) in [6.45, 7) is 2.15. The molecule has 4 rings (SSSR count). The second-order valence-electron chi connectivity index (χ2n) is 5.54. The molecule has 1 aliphatic rings. The average Bonchev–Trinajstić information content (AvgIpc) is 3.03. The number of hydrogen-bond donors (Lipinski definition) is 1. The van der Waals surface area contributed by atoms with Crippen molar-refractivity contribution in [3.63, 3.8) is 0 Å². The summed E-state index contributed by atoms with van der Waals surface area (Å²) in [7, 11) is 1.98. The standard InChI is InChI=1S/C17H16N2O2S/c1-10-14-8-3-11-9-18-19(2)16(11)15(14)17(22-10)21-13-6-4-12(20)5-7-13/h4-7,9,20H,3,8H2,1-2H3. The van der Waals surface area contributed by atoms with Gasteiger partial charge in [0.1, 0.15) is 11.5 Å². The van der Waals surface area contributed by atoms with Gasteiger partial charge in [0.15, 0.2) is 5.06 Å². The lowest BCUT2D eigenvalue weighted by atomic mass is 9.92. The van der Waals surface area contributed by atoms with E-state index in [0.29, 0.717) is 0 Å². The van der Waals surface area contributed by atoms with Crippen LogP contribution in [0.25, 0.3) is 11.3 Å². The van der Waals surface area contributed by atoms with E-state index in [9.17, 15) is 5.11 Å². The first-order chi connectivity index (χ1) is 10.6. The van der Waals surface area contributed by atoms with Gasteiger partial charge in [0.05, 0.1) is 17.5 Å². The lowest BCUT2D eigenvalue weighted by molar-refractivity contribution is 0.468. The number of nitrogens with zero attached hydrogens (tertiary/aromatic N) is 2. The highest BCUT2D eigenvalue weighted by Gasteiger charge is 2.27. The number of phenolic OH excluding ortho intramolecular Hbond substituents is 1. The number of fused-ring (bicyclic) bond motifs is 3. The highest BCUT2D eigenvalue weighted by molar-refractivity contribution is 7.14. The molecule has 5 heteroatoms. The van der Waals surface area contributed by atoms with E-state index in [0.717, 1.165) is 23.7 Å². The van der Waals surface area contributed by atoms with Crippen LogP contribution in [-0.2, 0) is 19.9 Å². The third-order valence-corrected chi connectivity index (χ3v) is 5.15. The molecule has 3 aromatic rings. The largest absolute Gasteiger partial charge is 0.508 e. The van der Waals surface area contributed by atoms with E-state index in [1.807, 2.05) is 17.9 Å². The van der Waals surface area contributed by atoms with Gasteiger partial charge in [-0.05, 0) is 55.2 Å². The Balaban J connectivity index is 1.82. The molecule has 0 spiro atoms. The molecule has 0 fully saturated rings. The van der Waals surface area contributed by atoms with Crippen LogP contribution in [-0.4, -0.2) is 14.9 Å². The molecule has 1 aliphatic carbocycles. The number of ether oxygens (including phenoxy) is 1. The van der Waals surface area contributed by atoms with Gasteiger partial charge in [0.25, 0.3) is 0 Å². The molecule has 0 aliphatic heterocycles. The van der Waals surface area contributed by atoms with Gasteiger partial charge in [-0.3, -0.25) is 4.68 Å². The van der Waals surface area contributed by atoms with Crippen molar-refractivity contribution in [2.45, 2.75) is 19.8 Å². The number of thiophene rings is 1. The monoisotopic (exact) mass is 312 g/mol. The van der Waals surface area contributed by atoms with E-state index in [-0.39, 0.29) is 5.75 Å². The predicted molar refractivity (Wildman–Crippen MR) is 86.8 cm³/mol. The number of aromatic hydroxyl groups is 1. The first-order valence-corrected chi connectivity index (χ1v) is 8.05. The number of benzene rings is 1. The lowest BCUT2D eigenvalue weighted by Gasteiger charge is -2.16. The highest BCUT2D eigenvalue weighted by Crippen LogP contribution is 2.48. The van der Waals surface area contributed by atoms with Crippen molar-refractivity contribution >= 4 is 11.3 Å². The fraction of sp³-hybridized carbons (Fsp3) is 0.235. The van der Waals surface area contributed by atoms with E-state index in [2.05, 4.69) is 12.0 Å². The third kappa shape index (κ3) is 2.01. The Bertz CT molecular complexity index is 846. The maximum atomic E-state index is 9.39. The van der Waals surface area contributed by atoms with Crippen LogP contribution in [0.1, 0.15) is 16.0 Å². The molecular formula is C17H16N2O2S. The minimum Gasteiger partial charge on any atom is -0.508 e. The predicted octanol–water partition coefficient (Wildman–Crippen LogP) is 4.05. The second-order valence-corrected chi connectivity index (χ2v) is 6.72. The van der Waals surface area contributed by atoms with Crippen LogP contribution in [0.15, 0.2) is 30.5 Å². The van der Waals surface area contributed by atoms with Gasteiger partial charge in [-0.25, -0.2) is 0 Å². The summed E-state index contributed by atoms with van der Waals surface area (Å²) < 4.78 is 8.03. The second kappa shape index (κ2) is 4.88. The van der Waals surface area contributed by atoms with Gasteiger partial charge < -0.3 is 9.84 Å². The van der Waals surface area contributed by atoms with E-state index in [1.165, 1.54) is 27.3 Å². The maximum Gasteiger partial charge on any atom is 0.190 e. The van der Waals surface area contributed by atoms with E-state index in [1.54, 1.807) is 35.6 Å². The van der Waals surface area contributed by atoms with Crippen molar-refractivity contribution in [3.05, 3.63) is 46.5 Å². The Hall–Kier alpha value is -2.27. The van der Waals surface area contributed by atoms with Gasteiger partial charge >= 0.3 is 0 Å². The van der Waals surface area contributed by atoms with Crippen molar-refractivity contribution in [2.75, 3.05) is 0 Å². The van der Waals surface area contributed by atoms with Crippen molar-refractivity contribution < 1.29 is 9.84 Å². The van der Waals surface area contributed by atoms with E-state index >= 15 is 0 Å². The molecule has 2 aromatic heterocycles. The molecule has 0 unspecified atom stereocenters. The Morgan fingerprint density at radius 1 is 1.23 bits per heavy atom. The molecule has 0 saturated carbocycles. The molecule has 0 amide bonds. The molecule has 0 atom stereocenters. The molecule has 4 nitrogen and oxygen atoms in total. The molecule has 22 heavy (non-hydrogen) atoms. The highest BCUT2D eigenvalue weighted by atomic mass is 32.1. The smallest absolute Gasteiger partial charge is 0.190 e. The molecule has 2 heterocycles. The first-order valence-electron chi connectivity index (χ1n) is 7.24. The quantitative estimate of drug-likeness (QED) is 0.776. The number of aromatic nitrogens is 2. The summed E-state index contributed by atoms with van der Waals surface area (Å²) in [5, 5.41) is 14.7. The summed E-state index contributed by atoms with van der Waals surface area (Å²) in [6, 6.07) is 6.84. The van der Waals surface area contributed by atoms with Gasteiger partial charge in [-0.1, -0.05) is 0 Å². The summed E-state index contributed by atoms with van der Waals surface area (Å²) in [5.41, 5.74) is 4.99. The molecule has 112 valence electrons. The molecule has 1 N–H and O–H groups in total. The van der Waals surface area contributed by atoms with Gasteiger partial charge in [-0.2, -0.15) is 5.10 Å². The van der Waals surface area contributed by atoms with Crippen LogP contribution in [0.3, 0.4) is 0 Å². The van der Waals surface area contributed by atoms with Crippen LogP contribution < -0.4 is 4.74 Å². The number of aryl methyl sites for hydroxylation is 3. The normalized spacial score (nSPS) is 12.8. The van der Waals surface area contributed by atoms with Crippen LogP contribution in [0, 0.1) is 6.92 Å². The Morgan fingerprint density at radius 3 is 2.77 bits per heavy atom. The van der Waals surface area contributed by atoms with Crippen LogP contribution in [0.4, 0.5) is 0 Å². The van der Waals surface area contributed by atoms with Crippen LogP contribution in [0.2, 0.25) is 0 Å². The summed E-state index contributed by atoms with van der Waals surface area (Å²) in [6.07, 6.45) is 4.03. The topological polar surface area (TPSA) is 47.3 Å². The third-order valence-electron chi connectivity index (χ3n) is 4.12. The Kier molecular flexibility index (Phi) is 2.97. The SMILES string of the molecule is Cc1sc(Oc2ccc(O)cc2)c2c1CCc1cnn(C)c1-2. The summed E-state index contributed by atoms with van der Waals surface area (Å²) in [5.74, 6) is 0.974. The zero-order valence-electron chi connectivity index (χ0n) is 12.5. The molecule has 0 radical (unpaired) electrons. The molecule has 0 bridgehead atoms. The van der Waals surface area contributed by atoms with Crippen molar-refractivity contribution in [3.8, 4) is 27.8 Å². The zero-order chi connectivity index (χ0) is 15.3. The zero-order valence-corrected chi connectivity index (χ0v) is 13.3. The Morgan fingerprint density at radius 2 is 2.00 bits per heavy atom. The summed E-state index contributed by atoms with van der Waals surface area (Å²) >= 11 is 1.68. The minimum atomic E-state index is 0.241. The molecular weight excluding hydrogens is 296 g/mol. The summed E-state index contributed by atoms with van der Waals surface area (Å²) in [4.78, 5) is 1.30. The average molecular weight is 312 g/mol. The first kappa shape index (κ1) is 13.4. The fourth-order valence-corrected chi connectivity index (χ4v) is 4.10. The van der Waals surface area contributed by atoms with Gasteiger partial charge in [0.2, 0.25) is 0 Å². The van der Waals surface area contributed by atoms with Crippen molar-refractivity contribution in [2.24, 2.45) is 7.05 Å². The fourth-order valence-electron chi connectivity index (χ4n) is 3.03.